The molecule has 0 fully saturated rings. The van der Waals surface area contributed by atoms with E-state index in [2.05, 4.69) is 5.32 Å². The lowest BCUT2D eigenvalue weighted by atomic mass is 9.97. The molecular weight excluding hydrogens is 348 g/mol. The van der Waals surface area contributed by atoms with E-state index in [4.69, 9.17) is 15.2 Å². The summed E-state index contributed by atoms with van der Waals surface area (Å²) in [4.78, 5) is 23.5. The maximum Gasteiger partial charge on any atom is 0.251 e. The lowest BCUT2D eigenvalue weighted by Crippen LogP contribution is -2.52. The van der Waals surface area contributed by atoms with Crippen molar-refractivity contribution >= 4 is 11.7 Å². The number of ether oxygens (including phenoxy) is 2. The summed E-state index contributed by atoms with van der Waals surface area (Å²) in [5.41, 5.74) is 5.22. The molecule has 0 radical (unpaired) electrons. The normalized spacial score (nSPS) is 15.9. The molecule has 0 aliphatic carbocycles. The Hall–Kier alpha value is -1.14. The van der Waals surface area contributed by atoms with Crippen LogP contribution in [0.15, 0.2) is 0 Å². The Kier molecular flexibility index (Phi) is 14.3. The number of hydrogen-bond acceptors (Lipinski definition) is 9. The molecule has 7 N–H and O–H groups in total. The van der Waals surface area contributed by atoms with Crippen LogP contribution in [-0.2, 0) is 19.1 Å². The summed E-state index contributed by atoms with van der Waals surface area (Å²) in [6, 6.07) is 0. The van der Waals surface area contributed by atoms with Gasteiger partial charge in [0.25, 0.3) is 5.91 Å². The van der Waals surface area contributed by atoms with Crippen molar-refractivity contribution in [2.24, 2.45) is 5.73 Å². The summed E-state index contributed by atoms with van der Waals surface area (Å²) < 4.78 is 10.2. The maximum absolute atomic E-state index is 11.8. The van der Waals surface area contributed by atoms with Gasteiger partial charge < -0.3 is 41.0 Å². The van der Waals surface area contributed by atoms with E-state index in [-0.39, 0.29) is 19.6 Å². The Morgan fingerprint density at radius 3 is 2.19 bits per heavy atom. The monoisotopic (exact) mass is 380 g/mol. The van der Waals surface area contributed by atoms with E-state index in [1.54, 1.807) is 0 Å². The van der Waals surface area contributed by atoms with Crippen LogP contribution in [0.25, 0.3) is 0 Å². The number of carbonyl (C=O) groups is 2. The highest BCUT2D eigenvalue weighted by Gasteiger charge is 2.36. The van der Waals surface area contributed by atoms with Crippen molar-refractivity contribution in [3.63, 3.8) is 0 Å². The van der Waals surface area contributed by atoms with E-state index in [9.17, 15) is 30.0 Å². The predicted octanol–water partition coefficient (Wildman–Crippen LogP) is -2.70. The molecule has 10 heteroatoms. The van der Waals surface area contributed by atoms with Gasteiger partial charge in [-0.1, -0.05) is 6.92 Å². The number of nitrogens with two attached hydrogens (primary N) is 1. The third-order valence-corrected chi connectivity index (χ3v) is 3.46. The second-order valence-corrected chi connectivity index (χ2v) is 5.75. The lowest BCUT2D eigenvalue weighted by Gasteiger charge is -2.25. The lowest BCUT2D eigenvalue weighted by molar-refractivity contribution is -0.154. The molecule has 0 spiro atoms. The molecule has 0 heterocycles. The van der Waals surface area contributed by atoms with Crippen molar-refractivity contribution in [2.75, 3.05) is 39.5 Å². The minimum Gasteiger partial charge on any atom is -0.387 e. The van der Waals surface area contributed by atoms with Crippen LogP contribution >= 0.6 is 0 Å². The summed E-state index contributed by atoms with van der Waals surface area (Å²) in [5, 5.41) is 41.5. The van der Waals surface area contributed by atoms with Crippen LogP contribution in [-0.4, -0.2) is 96.0 Å². The molecule has 0 saturated heterocycles. The van der Waals surface area contributed by atoms with Gasteiger partial charge in [-0.3, -0.25) is 9.59 Å². The fourth-order valence-corrected chi connectivity index (χ4v) is 2.00. The van der Waals surface area contributed by atoms with Crippen LogP contribution in [0, 0.1) is 0 Å². The van der Waals surface area contributed by atoms with E-state index >= 15 is 0 Å². The van der Waals surface area contributed by atoms with Crippen molar-refractivity contribution in [2.45, 2.75) is 50.6 Å². The van der Waals surface area contributed by atoms with Gasteiger partial charge in [-0.05, 0) is 12.8 Å². The highest BCUT2D eigenvalue weighted by molar-refractivity contribution is 5.84. The van der Waals surface area contributed by atoms with E-state index in [1.807, 2.05) is 6.92 Å². The minimum absolute atomic E-state index is 0.0601. The molecule has 0 saturated carbocycles. The molecule has 0 aromatic rings. The average molecular weight is 380 g/mol. The number of aliphatic hydroxyl groups is 4. The van der Waals surface area contributed by atoms with Gasteiger partial charge in [0.1, 0.15) is 18.3 Å². The van der Waals surface area contributed by atoms with Crippen LogP contribution < -0.4 is 11.1 Å². The number of carbonyl (C=O) groups excluding carboxylic acids is 2. The first-order valence-electron chi connectivity index (χ1n) is 8.75. The zero-order valence-electron chi connectivity index (χ0n) is 15.2. The van der Waals surface area contributed by atoms with Crippen LogP contribution in [0.3, 0.4) is 0 Å². The Morgan fingerprint density at radius 2 is 1.58 bits per heavy atom. The quantitative estimate of drug-likeness (QED) is 0.156. The third-order valence-electron chi connectivity index (χ3n) is 3.46. The first kappa shape index (κ1) is 24.9. The molecule has 0 rings (SSSR count). The number of nitrogens with one attached hydrogen (secondary N) is 1. The molecule has 0 aliphatic heterocycles. The van der Waals surface area contributed by atoms with Gasteiger partial charge in [0, 0.05) is 32.7 Å². The Balaban J connectivity index is 4.24. The summed E-state index contributed by atoms with van der Waals surface area (Å²) >= 11 is 0. The standard InChI is InChI=1S/C16H32N2O8/c1-2-7-25-8-3-4-11(19)12(20)13(21)14(22)15(23)16(24)18-6-10-26-9-5-17/h12-15,20-23H,2-10,17H2,1H3,(H,18,24)/t12-,13+,14+,15-/m0/s1. The summed E-state index contributed by atoms with van der Waals surface area (Å²) in [5.74, 6) is -1.67. The van der Waals surface area contributed by atoms with Gasteiger partial charge >= 0.3 is 0 Å². The number of aliphatic hydroxyl groups excluding tert-OH is 4. The average Bonchev–Trinajstić information content (AvgIpc) is 2.64. The van der Waals surface area contributed by atoms with Crippen molar-refractivity contribution < 1.29 is 39.5 Å². The predicted molar refractivity (Wildman–Crippen MR) is 92.3 cm³/mol. The summed E-state index contributed by atoms with van der Waals surface area (Å²) in [7, 11) is 0. The molecule has 1 amide bonds. The van der Waals surface area contributed by atoms with Crippen LogP contribution in [0.2, 0.25) is 0 Å². The van der Waals surface area contributed by atoms with Crippen molar-refractivity contribution in [1.82, 2.24) is 5.32 Å². The van der Waals surface area contributed by atoms with E-state index < -0.39 is 36.1 Å². The molecular formula is C16H32N2O8. The van der Waals surface area contributed by atoms with Gasteiger partial charge in [0.05, 0.1) is 13.2 Å². The van der Waals surface area contributed by atoms with Crippen molar-refractivity contribution in [3.8, 4) is 0 Å². The number of ketones is 1. The molecule has 10 nitrogen and oxygen atoms in total. The molecule has 0 unspecified atom stereocenters. The van der Waals surface area contributed by atoms with Crippen LogP contribution in [0.1, 0.15) is 26.2 Å². The fraction of sp³-hybridized carbons (Fsp3) is 0.875. The summed E-state index contributed by atoms with van der Waals surface area (Å²) in [6.45, 7) is 3.73. The largest absolute Gasteiger partial charge is 0.387 e. The van der Waals surface area contributed by atoms with Gasteiger partial charge in [-0.25, -0.2) is 0 Å². The highest BCUT2D eigenvalue weighted by Crippen LogP contribution is 2.09. The number of hydrogen-bond donors (Lipinski definition) is 6. The molecule has 0 aromatic carbocycles. The van der Waals surface area contributed by atoms with Gasteiger partial charge in [0.2, 0.25) is 0 Å². The SMILES string of the molecule is CCCOCCCC(=O)[C@H](O)[C@@H](O)[C@@H](O)[C@H](O)C(=O)NCCOCCN. The molecule has 26 heavy (non-hydrogen) atoms. The van der Waals surface area contributed by atoms with E-state index in [0.29, 0.717) is 32.8 Å². The fourth-order valence-electron chi connectivity index (χ4n) is 2.00. The topological polar surface area (TPSA) is 172 Å². The van der Waals surface area contributed by atoms with Crippen LogP contribution in [0.4, 0.5) is 0 Å². The Labute approximate surface area is 153 Å². The molecule has 0 aliphatic rings. The molecule has 0 bridgehead atoms. The highest BCUT2D eigenvalue weighted by atomic mass is 16.5. The Morgan fingerprint density at radius 1 is 0.962 bits per heavy atom. The molecule has 154 valence electrons. The maximum atomic E-state index is 11.8. The first-order chi connectivity index (χ1) is 12.4. The molecule has 0 aromatic heterocycles. The Bertz CT molecular complexity index is 360. The second kappa shape index (κ2) is 15.0. The van der Waals surface area contributed by atoms with Gasteiger partial charge in [-0.2, -0.15) is 0 Å². The van der Waals surface area contributed by atoms with Crippen molar-refractivity contribution in [1.29, 1.82) is 0 Å². The minimum atomic E-state index is -2.02. The smallest absolute Gasteiger partial charge is 0.251 e. The van der Waals surface area contributed by atoms with Crippen LogP contribution in [0.5, 0.6) is 0 Å². The zero-order chi connectivity index (χ0) is 19.9. The number of rotatable bonds is 16. The summed E-state index contributed by atoms with van der Waals surface area (Å²) in [6.07, 6.45) is -6.79. The van der Waals surface area contributed by atoms with Gasteiger partial charge in [0.15, 0.2) is 11.9 Å². The zero-order valence-corrected chi connectivity index (χ0v) is 15.2. The van der Waals surface area contributed by atoms with E-state index in [1.165, 1.54) is 0 Å². The second-order valence-electron chi connectivity index (χ2n) is 5.75. The molecule has 4 atom stereocenters. The third kappa shape index (κ3) is 10.1. The first-order valence-corrected chi connectivity index (χ1v) is 8.75. The number of amides is 1. The van der Waals surface area contributed by atoms with E-state index in [0.717, 1.165) is 6.42 Å². The van der Waals surface area contributed by atoms with Crippen molar-refractivity contribution in [3.05, 3.63) is 0 Å². The number of Topliss-reactive ketones (excluding diaryl/α,β-unsaturated/α-hetero) is 1. The van der Waals surface area contributed by atoms with Gasteiger partial charge in [-0.15, -0.1) is 0 Å².